The third-order valence-corrected chi connectivity index (χ3v) is 3.93. The minimum absolute atomic E-state index is 0.210. The third kappa shape index (κ3) is 6.30. The largest absolute Gasteiger partial charge is 0.494 e. The van der Waals surface area contributed by atoms with Crippen molar-refractivity contribution in [2.24, 2.45) is 5.41 Å². The second kappa shape index (κ2) is 7.68. The van der Waals surface area contributed by atoms with Crippen LogP contribution >= 0.6 is 11.6 Å². The number of hydrogen-bond donors (Lipinski definition) is 0. The molecular weight excluding hydrogens is 244 g/mol. The van der Waals surface area contributed by atoms with Gasteiger partial charge in [0, 0.05) is 5.38 Å². The van der Waals surface area contributed by atoms with Crippen molar-refractivity contribution < 1.29 is 4.74 Å². The van der Waals surface area contributed by atoms with Gasteiger partial charge in [-0.2, -0.15) is 0 Å². The van der Waals surface area contributed by atoms with Crippen molar-refractivity contribution in [2.45, 2.75) is 51.8 Å². The van der Waals surface area contributed by atoms with Crippen LogP contribution in [-0.2, 0) is 0 Å². The summed E-state index contributed by atoms with van der Waals surface area (Å²) in [6, 6.07) is 9.98. The number of ether oxygens (including phenoxy) is 1. The molecule has 0 radical (unpaired) electrons. The van der Waals surface area contributed by atoms with E-state index in [9.17, 15) is 0 Å². The normalized spacial score (nSPS) is 13.3. The lowest BCUT2D eigenvalue weighted by Crippen LogP contribution is -2.20. The highest BCUT2D eigenvalue weighted by atomic mass is 35.5. The monoisotopic (exact) mass is 268 g/mol. The van der Waals surface area contributed by atoms with Gasteiger partial charge in [-0.15, -0.1) is 11.6 Å². The lowest BCUT2D eigenvalue weighted by Gasteiger charge is -2.24. The number of benzene rings is 1. The van der Waals surface area contributed by atoms with E-state index in [0.29, 0.717) is 0 Å². The molecule has 0 aliphatic heterocycles. The molecule has 0 aromatic heterocycles. The molecule has 0 saturated carbocycles. The van der Waals surface area contributed by atoms with E-state index in [1.165, 1.54) is 12.8 Å². The molecule has 0 heterocycles. The van der Waals surface area contributed by atoms with Crippen molar-refractivity contribution in [1.82, 2.24) is 0 Å². The van der Waals surface area contributed by atoms with Gasteiger partial charge in [0.15, 0.2) is 0 Å². The number of para-hydroxylation sites is 1. The van der Waals surface area contributed by atoms with Crippen LogP contribution in [0.2, 0.25) is 0 Å². The van der Waals surface area contributed by atoms with Gasteiger partial charge in [-0.3, -0.25) is 0 Å². The van der Waals surface area contributed by atoms with E-state index in [2.05, 4.69) is 20.8 Å². The van der Waals surface area contributed by atoms with Gasteiger partial charge in [-0.05, 0) is 30.4 Å². The molecule has 0 aliphatic carbocycles. The molecule has 0 bridgehead atoms. The molecular formula is C16H25ClO. The van der Waals surface area contributed by atoms with Crippen LogP contribution in [0.1, 0.15) is 46.5 Å². The van der Waals surface area contributed by atoms with Crippen LogP contribution in [0.3, 0.4) is 0 Å². The zero-order chi connectivity index (χ0) is 13.4. The number of rotatable bonds is 7. The van der Waals surface area contributed by atoms with Gasteiger partial charge < -0.3 is 4.74 Å². The fraction of sp³-hybridized carbons (Fsp3) is 0.625. The number of unbranched alkanes of at least 4 members (excludes halogenated alkanes) is 2. The minimum atomic E-state index is 0.210. The lowest BCUT2D eigenvalue weighted by molar-refractivity contribution is 0.300. The highest BCUT2D eigenvalue weighted by Crippen LogP contribution is 2.28. The fourth-order valence-corrected chi connectivity index (χ4v) is 1.90. The van der Waals surface area contributed by atoms with Crippen molar-refractivity contribution >= 4 is 11.6 Å². The summed E-state index contributed by atoms with van der Waals surface area (Å²) in [6.07, 6.45) is 4.56. The molecule has 1 nitrogen and oxygen atoms in total. The summed E-state index contributed by atoms with van der Waals surface area (Å²) in [5.41, 5.74) is 0.210. The second-order valence-corrected chi connectivity index (χ2v) is 6.37. The minimum Gasteiger partial charge on any atom is -0.494 e. The maximum Gasteiger partial charge on any atom is 0.119 e. The standard InChI is InChI=1S/C16H25ClO/c1-16(2,3)15(17)12-8-5-9-13-18-14-10-6-4-7-11-14/h4,6-7,10-11,15H,5,8-9,12-13H2,1-3H3. The molecule has 1 unspecified atom stereocenters. The number of hydrogen-bond acceptors (Lipinski definition) is 1. The van der Waals surface area contributed by atoms with Crippen LogP contribution in [0, 0.1) is 5.41 Å². The molecule has 0 N–H and O–H groups in total. The van der Waals surface area contributed by atoms with Crippen LogP contribution in [0.25, 0.3) is 0 Å². The fourth-order valence-electron chi connectivity index (χ4n) is 1.74. The summed E-state index contributed by atoms with van der Waals surface area (Å²) in [5, 5.41) is 0.271. The first-order valence-electron chi connectivity index (χ1n) is 6.82. The van der Waals surface area contributed by atoms with Gasteiger partial charge in [0.25, 0.3) is 0 Å². The van der Waals surface area contributed by atoms with Gasteiger partial charge in [-0.25, -0.2) is 0 Å². The molecule has 1 rings (SSSR count). The molecule has 1 aromatic carbocycles. The van der Waals surface area contributed by atoms with E-state index in [4.69, 9.17) is 16.3 Å². The van der Waals surface area contributed by atoms with E-state index in [-0.39, 0.29) is 10.8 Å². The average molecular weight is 269 g/mol. The van der Waals surface area contributed by atoms with Crippen molar-refractivity contribution in [1.29, 1.82) is 0 Å². The summed E-state index contributed by atoms with van der Waals surface area (Å²) >= 11 is 6.33. The molecule has 0 saturated heterocycles. The molecule has 0 aliphatic rings. The van der Waals surface area contributed by atoms with Crippen molar-refractivity contribution in [2.75, 3.05) is 6.61 Å². The second-order valence-electron chi connectivity index (χ2n) is 5.84. The Morgan fingerprint density at radius 2 is 1.72 bits per heavy atom. The van der Waals surface area contributed by atoms with Gasteiger partial charge >= 0.3 is 0 Å². The van der Waals surface area contributed by atoms with Crippen LogP contribution in [0.5, 0.6) is 5.75 Å². The van der Waals surface area contributed by atoms with Crippen molar-refractivity contribution in [3.8, 4) is 5.75 Å². The first-order valence-corrected chi connectivity index (χ1v) is 7.26. The SMILES string of the molecule is CC(C)(C)C(Cl)CCCCCOc1ccccc1. The van der Waals surface area contributed by atoms with Gasteiger partial charge in [0.05, 0.1) is 6.61 Å². The molecule has 18 heavy (non-hydrogen) atoms. The van der Waals surface area contributed by atoms with Crippen molar-refractivity contribution in [3.05, 3.63) is 30.3 Å². The Morgan fingerprint density at radius 1 is 1.06 bits per heavy atom. The number of alkyl halides is 1. The Kier molecular flexibility index (Phi) is 6.56. The van der Waals surface area contributed by atoms with Crippen LogP contribution in [0.4, 0.5) is 0 Å². The summed E-state index contributed by atoms with van der Waals surface area (Å²) in [6.45, 7) is 7.39. The van der Waals surface area contributed by atoms with Crippen LogP contribution < -0.4 is 4.74 Å². The predicted octanol–water partition coefficient (Wildman–Crippen LogP) is 5.28. The van der Waals surface area contributed by atoms with E-state index in [1.807, 2.05) is 30.3 Å². The Balaban J connectivity index is 2.03. The number of halogens is 1. The molecule has 102 valence electrons. The first-order chi connectivity index (χ1) is 8.50. The molecule has 0 amide bonds. The summed E-state index contributed by atoms with van der Waals surface area (Å²) in [4.78, 5) is 0. The summed E-state index contributed by atoms with van der Waals surface area (Å²) < 4.78 is 5.65. The average Bonchev–Trinajstić information content (AvgIpc) is 2.33. The molecule has 1 aromatic rings. The predicted molar refractivity (Wildman–Crippen MR) is 79.5 cm³/mol. The summed E-state index contributed by atoms with van der Waals surface area (Å²) in [7, 11) is 0. The van der Waals surface area contributed by atoms with Gasteiger partial charge in [0.1, 0.15) is 5.75 Å². The lowest BCUT2D eigenvalue weighted by atomic mass is 9.89. The van der Waals surface area contributed by atoms with Crippen molar-refractivity contribution in [3.63, 3.8) is 0 Å². The maximum atomic E-state index is 6.33. The highest BCUT2D eigenvalue weighted by molar-refractivity contribution is 6.21. The Bertz CT molecular complexity index is 316. The van der Waals surface area contributed by atoms with E-state index in [0.717, 1.165) is 25.2 Å². The molecule has 1 atom stereocenters. The van der Waals surface area contributed by atoms with E-state index < -0.39 is 0 Å². The highest BCUT2D eigenvalue weighted by Gasteiger charge is 2.21. The van der Waals surface area contributed by atoms with E-state index >= 15 is 0 Å². The molecule has 0 fully saturated rings. The zero-order valence-electron chi connectivity index (χ0n) is 11.8. The molecule has 0 spiro atoms. The van der Waals surface area contributed by atoms with Crippen LogP contribution in [0.15, 0.2) is 30.3 Å². The molecule has 2 heteroatoms. The van der Waals surface area contributed by atoms with E-state index in [1.54, 1.807) is 0 Å². The maximum absolute atomic E-state index is 6.33. The van der Waals surface area contributed by atoms with Gasteiger partial charge in [-0.1, -0.05) is 51.8 Å². The Labute approximate surface area is 116 Å². The third-order valence-electron chi connectivity index (χ3n) is 3.05. The Hall–Kier alpha value is -0.690. The smallest absolute Gasteiger partial charge is 0.119 e. The first kappa shape index (κ1) is 15.4. The summed E-state index contributed by atoms with van der Waals surface area (Å²) in [5.74, 6) is 0.961. The Morgan fingerprint density at radius 3 is 2.33 bits per heavy atom. The quantitative estimate of drug-likeness (QED) is 0.483. The van der Waals surface area contributed by atoms with Crippen LogP contribution in [-0.4, -0.2) is 12.0 Å². The van der Waals surface area contributed by atoms with Gasteiger partial charge in [0.2, 0.25) is 0 Å². The zero-order valence-corrected chi connectivity index (χ0v) is 12.5. The topological polar surface area (TPSA) is 9.23 Å².